The van der Waals surface area contributed by atoms with Crippen LogP contribution in [0.1, 0.15) is 5.56 Å². The number of halogens is 3. The van der Waals surface area contributed by atoms with Gasteiger partial charge in [0.05, 0.1) is 24.3 Å². The molecule has 0 radical (unpaired) electrons. The Bertz CT molecular complexity index is 1090. The van der Waals surface area contributed by atoms with E-state index in [0.29, 0.717) is 18.7 Å². The van der Waals surface area contributed by atoms with E-state index in [2.05, 4.69) is 29.7 Å². The van der Waals surface area contributed by atoms with Gasteiger partial charge in [-0.2, -0.15) is 13.2 Å². The molecule has 0 amide bonds. The third-order valence-electron chi connectivity index (χ3n) is 5.96. The zero-order valence-electron chi connectivity index (χ0n) is 17.4. The van der Waals surface area contributed by atoms with Gasteiger partial charge in [-0.05, 0) is 18.2 Å². The fourth-order valence-electron chi connectivity index (χ4n) is 4.24. The average molecular weight is 444 g/mol. The number of hydrogen-bond acceptors (Lipinski definition) is 7. The third kappa shape index (κ3) is 4.14. The summed E-state index contributed by atoms with van der Waals surface area (Å²) >= 11 is 0. The molecule has 4 heterocycles. The van der Waals surface area contributed by atoms with Gasteiger partial charge >= 0.3 is 6.18 Å². The first-order valence-electron chi connectivity index (χ1n) is 10.6. The largest absolute Gasteiger partial charge is 0.416 e. The minimum Gasteiger partial charge on any atom is -0.378 e. The van der Waals surface area contributed by atoms with Crippen molar-refractivity contribution in [3.8, 4) is 0 Å². The molecule has 1 aromatic carbocycles. The second kappa shape index (κ2) is 8.42. The number of rotatable bonds is 3. The topological polar surface area (TPSA) is 57.6 Å². The molecule has 0 bridgehead atoms. The van der Waals surface area contributed by atoms with Crippen LogP contribution < -0.4 is 14.7 Å². The highest BCUT2D eigenvalue weighted by Crippen LogP contribution is 2.34. The van der Waals surface area contributed by atoms with Gasteiger partial charge in [0.15, 0.2) is 0 Å². The van der Waals surface area contributed by atoms with Crippen molar-refractivity contribution in [3.63, 3.8) is 0 Å². The predicted molar refractivity (Wildman–Crippen MR) is 116 cm³/mol. The van der Waals surface area contributed by atoms with Gasteiger partial charge in [-0.3, -0.25) is 4.98 Å². The lowest BCUT2D eigenvalue weighted by atomic mass is 10.1. The van der Waals surface area contributed by atoms with Gasteiger partial charge in [-0.15, -0.1) is 0 Å². The van der Waals surface area contributed by atoms with E-state index in [1.54, 1.807) is 12.5 Å². The predicted octanol–water partition coefficient (Wildman–Crippen LogP) is 3.21. The van der Waals surface area contributed by atoms with Crippen LogP contribution >= 0.6 is 0 Å². The molecule has 5 rings (SSSR count). The van der Waals surface area contributed by atoms with E-state index >= 15 is 0 Å². The van der Waals surface area contributed by atoms with Gasteiger partial charge in [0.2, 0.25) is 0 Å². The third-order valence-corrected chi connectivity index (χ3v) is 5.96. The molecule has 2 saturated heterocycles. The minimum atomic E-state index is -4.38. The molecule has 32 heavy (non-hydrogen) atoms. The number of benzene rings is 1. The van der Waals surface area contributed by atoms with Gasteiger partial charge < -0.3 is 19.4 Å². The van der Waals surface area contributed by atoms with Gasteiger partial charge in [0.25, 0.3) is 0 Å². The maximum absolute atomic E-state index is 13.1. The molecule has 10 heteroatoms. The van der Waals surface area contributed by atoms with E-state index in [0.717, 1.165) is 74.1 Å². The van der Waals surface area contributed by atoms with Crippen LogP contribution in [0, 0.1) is 0 Å². The summed E-state index contributed by atoms with van der Waals surface area (Å²) in [4.78, 5) is 19.6. The quantitative estimate of drug-likeness (QED) is 0.615. The van der Waals surface area contributed by atoms with Gasteiger partial charge in [-0.1, -0.05) is 6.07 Å². The van der Waals surface area contributed by atoms with Crippen molar-refractivity contribution in [3.05, 3.63) is 48.4 Å². The molecule has 0 saturated carbocycles. The first-order chi connectivity index (χ1) is 15.5. The average Bonchev–Trinajstić information content (AvgIpc) is 2.83. The van der Waals surface area contributed by atoms with Crippen LogP contribution in [0.25, 0.3) is 10.9 Å². The number of hydrogen-bond donors (Lipinski definition) is 0. The number of pyridine rings is 1. The number of fused-ring (bicyclic) bond motifs is 1. The highest BCUT2D eigenvalue weighted by atomic mass is 19.4. The standard InChI is InChI=1S/C22H23F3N6O/c23-22(24,25)16-1-2-17-18(13-16)26-4-3-19(17)29-5-7-30(8-6-29)20-14-21(28-15-27-20)31-9-11-32-12-10-31/h1-4,13-15H,5-12H2. The maximum atomic E-state index is 13.1. The molecule has 0 N–H and O–H groups in total. The fourth-order valence-corrected chi connectivity index (χ4v) is 4.24. The monoisotopic (exact) mass is 444 g/mol. The van der Waals surface area contributed by atoms with Crippen molar-refractivity contribution in [1.29, 1.82) is 0 Å². The molecule has 2 aliphatic heterocycles. The molecule has 0 unspecified atom stereocenters. The molecular weight excluding hydrogens is 421 g/mol. The Hall–Kier alpha value is -3.14. The van der Waals surface area contributed by atoms with Crippen molar-refractivity contribution in [1.82, 2.24) is 15.0 Å². The summed E-state index contributed by atoms with van der Waals surface area (Å²) in [5.74, 6) is 1.79. The number of piperazine rings is 1. The van der Waals surface area contributed by atoms with Crippen LogP contribution in [0.5, 0.6) is 0 Å². The molecule has 0 atom stereocenters. The summed E-state index contributed by atoms with van der Waals surface area (Å²) < 4.78 is 44.6. The molecule has 0 aliphatic carbocycles. The Labute approximate surface area is 183 Å². The number of morpholine rings is 1. The summed E-state index contributed by atoms with van der Waals surface area (Å²) in [5, 5.41) is 0.727. The smallest absolute Gasteiger partial charge is 0.378 e. The van der Waals surface area contributed by atoms with Crippen molar-refractivity contribution in [2.45, 2.75) is 6.18 Å². The van der Waals surface area contributed by atoms with Crippen LogP contribution in [0.4, 0.5) is 30.5 Å². The van der Waals surface area contributed by atoms with E-state index in [-0.39, 0.29) is 0 Å². The van der Waals surface area contributed by atoms with E-state index in [1.807, 2.05) is 12.1 Å². The van der Waals surface area contributed by atoms with Crippen molar-refractivity contribution in [2.75, 3.05) is 67.2 Å². The molecule has 2 fully saturated rings. The fraction of sp³-hybridized carbons (Fsp3) is 0.409. The maximum Gasteiger partial charge on any atom is 0.416 e. The van der Waals surface area contributed by atoms with Crippen LogP contribution in [-0.4, -0.2) is 67.4 Å². The molecule has 7 nitrogen and oxygen atoms in total. The Morgan fingerprint density at radius 2 is 1.41 bits per heavy atom. The number of aromatic nitrogens is 3. The summed E-state index contributed by atoms with van der Waals surface area (Å²) in [6.45, 7) is 6.00. The molecular formula is C22H23F3N6O. The highest BCUT2D eigenvalue weighted by molar-refractivity contribution is 5.92. The minimum absolute atomic E-state index is 0.353. The first kappa shape index (κ1) is 20.7. The molecule has 0 spiro atoms. The zero-order chi connectivity index (χ0) is 22.1. The van der Waals surface area contributed by atoms with Gasteiger partial charge in [0.1, 0.15) is 18.0 Å². The summed E-state index contributed by atoms with van der Waals surface area (Å²) in [6.07, 6.45) is -1.21. The van der Waals surface area contributed by atoms with E-state index < -0.39 is 11.7 Å². The number of ether oxygens (including phenoxy) is 1. The summed E-state index contributed by atoms with van der Waals surface area (Å²) in [5.41, 5.74) is 0.574. The van der Waals surface area contributed by atoms with Crippen LogP contribution in [-0.2, 0) is 10.9 Å². The zero-order valence-corrected chi connectivity index (χ0v) is 17.4. The molecule has 2 aromatic heterocycles. The Kier molecular flexibility index (Phi) is 5.46. The Morgan fingerprint density at radius 1 is 0.750 bits per heavy atom. The number of alkyl halides is 3. The van der Waals surface area contributed by atoms with Crippen LogP contribution in [0.3, 0.4) is 0 Å². The molecule has 2 aliphatic rings. The number of nitrogens with zero attached hydrogens (tertiary/aromatic N) is 6. The van der Waals surface area contributed by atoms with Crippen molar-refractivity contribution >= 4 is 28.2 Å². The van der Waals surface area contributed by atoms with Crippen LogP contribution in [0.2, 0.25) is 0 Å². The lowest BCUT2D eigenvalue weighted by molar-refractivity contribution is -0.137. The van der Waals surface area contributed by atoms with E-state index in [1.165, 1.54) is 6.07 Å². The van der Waals surface area contributed by atoms with Gasteiger partial charge in [0, 0.05) is 62.6 Å². The Balaban J connectivity index is 1.31. The van der Waals surface area contributed by atoms with Crippen molar-refractivity contribution in [2.24, 2.45) is 0 Å². The molecule has 168 valence electrons. The van der Waals surface area contributed by atoms with Gasteiger partial charge in [-0.25, -0.2) is 9.97 Å². The SMILES string of the molecule is FC(F)(F)c1ccc2c(N3CCN(c4cc(N5CCOCC5)ncn4)CC3)ccnc2c1. The lowest BCUT2D eigenvalue weighted by Crippen LogP contribution is -2.47. The highest BCUT2D eigenvalue weighted by Gasteiger charge is 2.31. The summed E-state index contributed by atoms with van der Waals surface area (Å²) in [6, 6.07) is 7.64. The molecule has 3 aromatic rings. The van der Waals surface area contributed by atoms with Crippen LogP contribution in [0.15, 0.2) is 42.9 Å². The van der Waals surface area contributed by atoms with Crippen molar-refractivity contribution < 1.29 is 17.9 Å². The second-order valence-corrected chi connectivity index (χ2v) is 7.87. The van der Waals surface area contributed by atoms with E-state index in [4.69, 9.17) is 4.74 Å². The van der Waals surface area contributed by atoms with E-state index in [9.17, 15) is 13.2 Å². The summed E-state index contributed by atoms with van der Waals surface area (Å²) in [7, 11) is 0. The number of anilines is 3. The second-order valence-electron chi connectivity index (χ2n) is 7.87. The Morgan fingerprint density at radius 3 is 2.09 bits per heavy atom. The first-order valence-corrected chi connectivity index (χ1v) is 10.6. The normalized spacial score (nSPS) is 17.8. The lowest BCUT2D eigenvalue weighted by Gasteiger charge is -2.37.